The standard InChI is InChI=1S/C37H37N5O5S/c1-23-20-42(24(2)22-43)36(45)29-11-7-13-31(39-34(44)26-14-16-27(17-15-26)35-38-18-19-48-35)33(29)47-32(23)21-41(3)37(46)40-30-12-6-9-25-8-4-5-10-28(25)30/h4-19,23-24,32,43H,20-22H2,1-3H3,(H,39,44)(H,40,46)/t23-,24+,32-/m1/s1. The minimum atomic E-state index is -0.566. The minimum Gasteiger partial charge on any atom is -0.485 e. The van der Waals surface area contributed by atoms with Crippen LogP contribution in [0.2, 0.25) is 0 Å². The number of aromatic nitrogens is 1. The van der Waals surface area contributed by atoms with Crippen LogP contribution in [0.25, 0.3) is 21.3 Å². The Balaban J connectivity index is 1.27. The first-order valence-corrected chi connectivity index (χ1v) is 16.6. The van der Waals surface area contributed by atoms with Gasteiger partial charge in [-0.3, -0.25) is 9.59 Å². The van der Waals surface area contributed by atoms with Gasteiger partial charge >= 0.3 is 6.03 Å². The molecule has 3 atom stereocenters. The Bertz CT molecular complexity index is 1930. The Morgan fingerprint density at radius 2 is 1.75 bits per heavy atom. The van der Waals surface area contributed by atoms with Gasteiger partial charge in [-0.15, -0.1) is 11.3 Å². The number of ether oxygens (including phenoxy) is 1. The van der Waals surface area contributed by atoms with Gasteiger partial charge in [-0.25, -0.2) is 9.78 Å². The number of thiazole rings is 1. The van der Waals surface area contributed by atoms with Crippen molar-refractivity contribution in [3.63, 3.8) is 0 Å². The zero-order valence-electron chi connectivity index (χ0n) is 26.9. The molecule has 0 fully saturated rings. The van der Waals surface area contributed by atoms with E-state index in [-0.39, 0.29) is 48.2 Å². The van der Waals surface area contributed by atoms with Crippen LogP contribution in [0.3, 0.4) is 0 Å². The molecule has 4 aromatic carbocycles. The van der Waals surface area contributed by atoms with Crippen LogP contribution in [-0.2, 0) is 0 Å². The molecule has 3 N–H and O–H groups in total. The number of amides is 4. The Labute approximate surface area is 283 Å². The molecule has 0 saturated carbocycles. The van der Waals surface area contributed by atoms with E-state index in [2.05, 4.69) is 15.6 Å². The van der Waals surface area contributed by atoms with E-state index in [4.69, 9.17) is 4.74 Å². The highest BCUT2D eigenvalue weighted by molar-refractivity contribution is 7.13. The number of carbonyl (C=O) groups is 3. The van der Waals surface area contributed by atoms with Gasteiger partial charge < -0.3 is 30.3 Å². The number of aliphatic hydroxyl groups is 1. The van der Waals surface area contributed by atoms with Crippen molar-refractivity contribution in [1.29, 1.82) is 0 Å². The number of urea groups is 1. The second-order valence-electron chi connectivity index (χ2n) is 12.0. The topological polar surface area (TPSA) is 124 Å². The fourth-order valence-electron chi connectivity index (χ4n) is 5.78. The third-order valence-corrected chi connectivity index (χ3v) is 9.42. The van der Waals surface area contributed by atoms with E-state index in [1.54, 1.807) is 60.3 Å². The molecule has 1 aliphatic rings. The molecule has 2 heterocycles. The summed E-state index contributed by atoms with van der Waals surface area (Å²) in [6.07, 6.45) is 1.17. The Hall–Kier alpha value is -5.26. The maximum atomic E-state index is 13.9. The Morgan fingerprint density at radius 1 is 1.02 bits per heavy atom. The molecule has 246 valence electrons. The third-order valence-electron chi connectivity index (χ3n) is 8.60. The first kappa shape index (κ1) is 32.7. The van der Waals surface area contributed by atoms with Gasteiger partial charge in [-0.05, 0) is 42.6 Å². The highest BCUT2D eigenvalue weighted by Gasteiger charge is 2.35. The van der Waals surface area contributed by atoms with Crippen molar-refractivity contribution in [2.24, 2.45) is 5.92 Å². The molecule has 4 amide bonds. The van der Waals surface area contributed by atoms with E-state index in [0.29, 0.717) is 23.5 Å². The molecule has 0 bridgehead atoms. The van der Waals surface area contributed by atoms with E-state index in [0.717, 1.165) is 21.3 Å². The highest BCUT2D eigenvalue weighted by Crippen LogP contribution is 2.35. The number of rotatable bonds is 8. The SMILES string of the molecule is C[C@@H]1CN([C@@H](C)CO)C(=O)c2cccc(NC(=O)c3ccc(-c4nccs4)cc3)c2O[C@@H]1CN(C)C(=O)Nc1cccc2ccccc12. The largest absolute Gasteiger partial charge is 0.485 e. The normalized spacial score (nSPS) is 16.7. The maximum Gasteiger partial charge on any atom is 0.321 e. The summed E-state index contributed by atoms with van der Waals surface area (Å²) in [5, 5.41) is 20.7. The van der Waals surface area contributed by atoms with Crippen LogP contribution in [0.4, 0.5) is 16.2 Å². The van der Waals surface area contributed by atoms with Gasteiger partial charge in [0.05, 0.1) is 36.1 Å². The molecule has 1 aromatic heterocycles. The summed E-state index contributed by atoms with van der Waals surface area (Å²) in [5.74, 6) is -0.720. The molecule has 5 aromatic rings. The third kappa shape index (κ3) is 6.87. The van der Waals surface area contributed by atoms with Crippen molar-refractivity contribution in [1.82, 2.24) is 14.8 Å². The fourth-order valence-corrected chi connectivity index (χ4v) is 6.43. The van der Waals surface area contributed by atoms with Crippen molar-refractivity contribution < 1.29 is 24.2 Å². The van der Waals surface area contributed by atoms with Gasteiger partial charge in [0.1, 0.15) is 11.1 Å². The molecule has 48 heavy (non-hydrogen) atoms. The van der Waals surface area contributed by atoms with Crippen LogP contribution in [-0.4, -0.2) is 76.6 Å². The minimum absolute atomic E-state index is 0.188. The number of para-hydroxylation sites is 1. The van der Waals surface area contributed by atoms with Crippen LogP contribution in [0, 0.1) is 5.92 Å². The zero-order valence-corrected chi connectivity index (χ0v) is 27.7. The number of fused-ring (bicyclic) bond motifs is 2. The molecule has 0 radical (unpaired) electrons. The maximum absolute atomic E-state index is 13.9. The molecular formula is C37H37N5O5S. The molecule has 0 saturated heterocycles. The van der Waals surface area contributed by atoms with Gasteiger partial charge in [0.15, 0.2) is 5.75 Å². The van der Waals surface area contributed by atoms with Gasteiger partial charge in [0, 0.05) is 47.6 Å². The lowest BCUT2D eigenvalue weighted by atomic mass is 9.99. The number of aliphatic hydroxyl groups excluding tert-OH is 1. The fraction of sp³-hybridized carbons (Fsp3) is 0.243. The Morgan fingerprint density at radius 3 is 2.50 bits per heavy atom. The summed E-state index contributed by atoms with van der Waals surface area (Å²) < 4.78 is 6.61. The van der Waals surface area contributed by atoms with Crippen LogP contribution in [0.5, 0.6) is 5.75 Å². The van der Waals surface area contributed by atoms with Crippen LogP contribution in [0.15, 0.2) is 96.5 Å². The number of carbonyl (C=O) groups excluding carboxylic acids is 3. The summed E-state index contributed by atoms with van der Waals surface area (Å²) in [5.41, 5.74) is 2.61. The molecule has 0 spiro atoms. The van der Waals surface area contributed by atoms with Gasteiger partial charge in [0.2, 0.25) is 0 Å². The first-order valence-electron chi connectivity index (χ1n) is 15.8. The molecule has 0 unspecified atom stereocenters. The van der Waals surface area contributed by atoms with Crippen LogP contribution < -0.4 is 15.4 Å². The van der Waals surface area contributed by atoms with Crippen molar-refractivity contribution >= 4 is 51.3 Å². The molecular weight excluding hydrogens is 627 g/mol. The summed E-state index contributed by atoms with van der Waals surface area (Å²) in [7, 11) is 1.69. The number of hydrogen-bond acceptors (Lipinski definition) is 7. The number of nitrogens with one attached hydrogen (secondary N) is 2. The van der Waals surface area contributed by atoms with Crippen LogP contribution in [0.1, 0.15) is 34.6 Å². The van der Waals surface area contributed by atoms with E-state index >= 15 is 0 Å². The summed E-state index contributed by atoms with van der Waals surface area (Å²) in [6.45, 7) is 3.99. The Kier molecular flexibility index (Phi) is 9.70. The lowest BCUT2D eigenvalue weighted by Crippen LogP contribution is -2.50. The number of hydrogen-bond donors (Lipinski definition) is 3. The quantitative estimate of drug-likeness (QED) is 0.172. The first-order chi connectivity index (χ1) is 23.2. The van der Waals surface area contributed by atoms with E-state index in [1.165, 1.54) is 11.3 Å². The van der Waals surface area contributed by atoms with E-state index in [9.17, 15) is 19.5 Å². The summed E-state index contributed by atoms with van der Waals surface area (Å²) >= 11 is 1.51. The number of anilines is 2. The van der Waals surface area contributed by atoms with Gasteiger partial charge in [0.25, 0.3) is 11.8 Å². The predicted octanol–water partition coefficient (Wildman–Crippen LogP) is 6.60. The molecule has 6 rings (SSSR count). The van der Waals surface area contributed by atoms with E-state index < -0.39 is 12.1 Å². The van der Waals surface area contributed by atoms with Gasteiger partial charge in [-0.2, -0.15) is 0 Å². The molecule has 10 nitrogen and oxygen atoms in total. The second-order valence-corrected chi connectivity index (χ2v) is 12.9. The monoisotopic (exact) mass is 663 g/mol. The average Bonchev–Trinajstić information content (AvgIpc) is 3.65. The number of benzene rings is 4. The van der Waals surface area contributed by atoms with Crippen LogP contribution >= 0.6 is 11.3 Å². The van der Waals surface area contributed by atoms with Crippen molar-refractivity contribution in [2.45, 2.75) is 26.0 Å². The van der Waals surface area contributed by atoms with E-state index in [1.807, 2.05) is 66.9 Å². The number of nitrogens with zero attached hydrogens (tertiary/aromatic N) is 3. The lowest BCUT2D eigenvalue weighted by molar-refractivity contribution is 0.0372. The highest BCUT2D eigenvalue weighted by atomic mass is 32.1. The molecule has 1 aliphatic heterocycles. The number of likely N-dealkylation sites (N-methyl/N-ethyl adjacent to an activating group) is 1. The van der Waals surface area contributed by atoms with Crippen molar-refractivity contribution in [2.75, 3.05) is 37.4 Å². The average molecular weight is 664 g/mol. The summed E-state index contributed by atoms with van der Waals surface area (Å²) in [6, 6.07) is 25.0. The summed E-state index contributed by atoms with van der Waals surface area (Å²) in [4.78, 5) is 48.3. The second kappa shape index (κ2) is 14.2. The molecule has 0 aliphatic carbocycles. The van der Waals surface area contributed by atoms with Crippen molar-refractivity contribution in [3.05, 3.63) is 108 Å². The zero-order chi connectivity index (χ0) is 33.8. The van der Waals surface area contributed by atoms with Crippen molar-refractivity contribution in [3.8, 4) is 16.3 Å². The molecule has 11 heteroatoms. The van der Waals surface area contributed by atoms with Gasteiger partial charge in [-0.1, -0.05) is 61.5 Å². The predicted molar refractivity (Wildman–Crippen MR) is 189 cm³/mol. The smallest absolute Gasteiger partial charge is 0.321 e. The lowest BCUT2D eigenvalue weighted by Gasteiger charge is -2.38.